The molecule has 0 heterocycles. The van der Waals surface area contributed by atoms with Gasteiger partial charge in [0.25, 0.3) is 0 Å². The molecule has 0 aliphatic carbocycles. The van der Waals surface area contributed by atoms with Gasteiger partial charge in [-0.1, -0.05) is 19.1 Å². The van der Waals surface area contributed by atoms with Gasteiger partial charge in [-0.25, -0.2) is 4.39 Å². The highest BCUT2D eigenvalue weighted by Crippen LogP contribution is 2.20. The van der Waals surface area contributed by atoms with Gasteiger partial charge in [-0.2, -0.15) is 0 Å². The van der Waals surface area contributed by atoms with Crippen molar-refractivity contribution in [2.45, 2.75) is 33.2 Å². The molecule has 0 bridgehead atoms. The first-order valence-electron chi connectivity index (χ1n) is 8.81. The van der Waals surface area contributed by atoms with Crippen molar-refractivity contribution in [1.82, 2.24) is 4.90 Å². The molecule has 0 saturated carbocycles. The van der Waals surface area contributed by atoms with E-state index in [9.17, 15) is 14.0 Å². The normalized spacial score (nSPS) is 12.0. The van der Waals surface area contributed by atoms with Crippen LogP contribution in [0.3, 0.4) is 0 Å². The zero-order valence-corrected chi connectivity index (χ0v) is 15.5. The van der Waals surface area contributed by atoms with Gasteiger partial charge in [0.1, 0.15) is 5.82 Å². The van der Waals surface area contributed by atoms with Gasteiger partial charge in [-0.05, 0) is 62.4 Å². The summed E-state index contributed by atoms with van der Waals surface area (Å²) in [7, 11) is 0. The van der Waals surface area contributed by atoms with Crippen molar-refractivity contribution in [3.63, 3.8) is 0 Å². The third-order valence-corrected chi connectivity index (χ3v) is 4.51. The number of carbonyl (C=O) groups is 2. The lowest BCUT2D eigenvalue weighted by Gasteiger charge is -2.28. The topological polar surface area (TPSA) is 49.4 Å². The number of nitrogens with one attached hydrogen (secondary N) is 1. The van der Waals surface area contributed by atoms with Gasteiger partial charge in [0.05, 0.1) is 0 Å². The molecule has 2 aromatic carbocycles. The molecule has 0 aromatic heterocycles. The summed E-state index contributed by atoms with van der Waals surface area (Å²) in [5.41, 5.74) is 2.32. The lowest BCUT2D eigenvalue weighted by atomic mass is 10.1. The second-order valence-corrected chi connectivity index (χ2v) is 6.29. The largest absolute Gasteiger partial charge is 0.326 e. The highest BCUT2D eigenvalue weighted by atomic mass is 19.1. The van der Waals surface area contributed by atoms with Crippen molar-refractivity contribution in [3.8, 4) is 0 Å². The fraction of sp³-hybridized carbons (Fsp3) is 0.333. The third kappa shape index (κ3) is 5.49. The molecule has 5 heteroatoms. The van der Waals surface area contributed by atoms with E-state index in [4.69, 9.17) is 0 Å². The first-order valence-corrected chi connectivity index (χ1v) is 8.81. The summed E-state index contributed by atoms with van der Waals surface area (Å²) in [5.74, 6) is -0.333. The average Bonchev–Trinajstić information content (AvgIpc) is 2.63. The summed E-state index contributed by atoms with van der Waals surface area (Å²) in [6, 6.07) is 13.4. The molecule has 0 spiro atoms. The highest BCUT2D eigenvalue weighted by Gasteiger charge is 2.15. The monoisotopic (exact) mass is 356 g/mol. The molecule has 4 nitrogen and oxygen atoms in total. The van der Waals surface area contributed by atoms with Crippen molar-refractivity contribution in [3.05, 3.63) is 65.5 Å². The number of carbonyl (C=O) groups excluding carboxylic acids is 2. The van der Waals surface area contributed by atoms with Crippen LogP contribution in [0.2, 0.25) is 0 Å². The number of halogens is 1. The molecule has 138 valence electrons. The number of amides is 1. The van der Waals surface area contributed by atoms with Gasteiger partial charge in [-0.3, -0.25) is 14.5 Å². The molecule has 26 heavy (non-hydrogen) atoms. The maximum atomic E-state index is 13.1. The van der Waals surface area contributed by atoms with E-state index in [0.717, 1.165) is 12.1 Å². The van der Waals surface area contributed by atoms with Crippen LogP contribution < -0.4 is 5.32 Å². The molecule has 0 aliphatic rings. The maximum absolute atomic E-state index is 13.1. The Hall–Kier alpha value is -2.53. The average molecular weight is 356 g/mol. The predicted molar refractivity (Wildman–Crippen MR) is 102 cm³/mol. The van der Waals surface area contributed by atoms with E-state index < -0.39 is 0 Å². The molecule has 1 N–H and O–H groups in total. The van der Waals surface area contributed by atoms with Crippen molar-refractivity contribution < 1.29 is 14.0 Å². The Morgan fingerprint density at radius 1 is 1.08 bits per heavy atom. The van der Waals surface area contributed by atoms with Crippen LogP contribution in [0.1, 0.15) is 49.2 Å². The van der Waals surface area contributed by atoms with Crippen molar-refractivity contribution in [2.24, 2.45) is 0 Å². The second kappa shape index (κ2) is 9.25. The Kier molecular flexibility index (Phi) is 7.04. The van der Waals surface area contributed by atoms with E-state index in [0.29, 0.717) is 24.2 Å². The van der Waals surface area contributed by atoms with E-state index >= 15 is 0 Å². The number of rotatable bonds is 8. The quantitative estimate of drug-likeness (QED) is 0.712. The van der Waals surface area contributed by atoms with Crippen LogP contribution in [0.25, 0.3) is 0 Å². The number of anilines is 1. The van der Waals surface area contributed by atoms with Crippen LogP contribution >= 0.6 is 0 Å². The zero-order valence-electron chi connectivity index (χ0n) is 15.5. The number of Topliss-reactive ketones (excluding diaryl/α,β-unsaturated/α-hetero) is 1. The van der Waals surface area contributed by atoms with Crippen molar-refractivity contribution in [1.29, 1.82) is 0 Å². The fourth-order valence-corrected chi connectivity index (χ4v) is 2.83. The van der Waals surface area contributed by atoms with Gasteiger partial charge in [0, 0.05) is 30.3 Å². The molecule has 1 atom stereocenters. The molecule has 1 amide bonds. The smallest absolute Gasteiger partial charge is 0.225 e. The van der Waals surface area contributed by atoms with Gasteiger partial charge < -0.3 is 5.32 Å². The Balaban J connectivity index is 1.89. The molecule has 0 radical (unpaired) electrons. The van der Waals surface area contributed by atoms with Crippen molar-refractivity contribution >= 4 is 17.4 Å². The van der Waals surface area contributed by atoms with E-state index in [1.807, 2.05) is 6.92 Å². The first kappa shape index (κ1) is 19.8. The number of nitrogens with zero attached hydrogens (tertiary/aromatic N) is 1. The molecule has 0 fully saturated rings. The summed E-state index contributed by atoms with van der Waals surface area (Å²) in [6.07, 6.45) is 0.355. The zero-order chi connectivity index (χ0) is 19.1. The number of hydrogen-bond donors (Lipinski definition) is 1. The summed E-state index contributed by atoms with van der Waals surface area (Å²) in [6.45, 7) is 6.99. The minimum atomic E-state index is -0.251. The fourth-order valence-electron chi connectivity index (χ4n) is 2.83. The summed E-state index contributed by atoms with van der Waals surface area (Å²) in [4.78, 5) is 25.6. The lowest BCUT2D eigenvalue weighted by Crippen LogP contribution is -2.30. The molecule has 0 saturated heterocycles. The predicted octanol–water partition coefficient (Wildman–Crippen LogP) is 4.44. The van der Waals surface area contributed by atoms with Gasteiger partial charge in [-0.15, -0.1) is 0 Å². The highest BCUT2D eigenvalue weighted by molar-refractivity contribution is 5.95. The summed E-state index contributed by atoms with van der Waals surface area (Å²) in [5, 5.41) is 2.85. The Morgan fingerprint density at radius 3 is 2.23 bits per heavy atom. The lowest BCUT2D eigenvalue weighted by molar-refractivity contribution is -0.116. The second-order valence-electron chi connectivity index (χ2n) is 6.29. The minimum absolute atomic E-state index is 0.00348. The molecular weight excluding hydrogens is 331 g/mol. The number of hydrogen-bond acceptors (Lipinski definition) is 3. The summed E-state index contributed by atoms with van der Waals surface area (Å²) >= 11 is 0. The minimum Gasteiger partial charge on any atom is -0.326 e. The van der Waals surface area contributed by atoms with Gasteiger partial charge in [0.15, 0.2) is 5.78 Å². The molecule has 2 rings (SSSR count). The molecule has 1 unspecified atom stereocenters. The van der Waals surface area contributed by atoms with Crippen LogP contribution in [0.15, 0.2) is 48.5 Å². The van der Waals surface area contributed by atoms with E-state index in [-0.39, 0.29) is 23.5 Å². The summed E-state index contributed by atoms with van der Waals surface area (Å²) < 4.78 is 13.1. The van der Waals surface area contributed by atoms with Crippen LogP contribution in [-0.2, 0) is 4.79 Å². The van der Waals surface area contributed by atoms with E-state index in [1.165, 1.54) is 19.1 Å². The van der Waals surface area contributed by atoms with Crippen LogP contribution in [0.5, 0.6) is 0 Å². The molecule has 0 aliphatic heterocycles. The van der Waals surface area contributed by atoms with E-state index in [2.05, 4.69) is 17.1 Å². The van der Waals surface area contributed by atoms with Crippen molar-refractivity contribution in [2.75, 3.05) is 18.4 Å². The van der Waals surface area contributed by atoms with Gasteiger partial charge in [0.2, 0.25) is 5.91 Å². The molecule has 2 aromatic rings. The maximum Gasteiger partial charge on any atom is 0.225 e. The SMILES string of the molecule is CCN(CCC(=O)Nc1ccc(C(C)=O)cc1)C(C)c1ccc(F)cc1. The number of benzene rings is 2. The van der Waals surface area contributed by atoms with Crippen LogP contribution in [0, 0.1) is 5.82 Å². The van der Waals surface area contributed by atoms with Gasteiger partial charge >= 0.3 is 0 Å². The Morgan fingerprint density at radius 2 is 1.69 bits per heavy atom. The third-order valence-electron chi connectivity index (χ3n) is 4.51. The standard InChI is InChI=1S/C21H25FN2O2/c1-4-24(15(2)17-5-9-19(22)10-6-17)14-13-21(26)23-20-11-7-18(8-12-20)16(3)25/h5-12,15H,4,13-14H2,1-3H3,(H,23,26). The Labute approximate surface area is 154 Å². The molecular formula is C21H25FN2O2. The van der Waals surface area contributed by atoms with Crippen LogP contribution in [0.4, 0.5) is 10.1 Å². The number of ketones is 1. The first-order chi connectivity index (χ1) is 12.4. The van der Waals surface area contributed by atoms with E-state index in [1.54, 1.807) is 36.4 Å². The Bertz CT molecular complexity index is 742. The van der Waals surface area contributed by atoms with Crippen LogP contribution in [-0.4, -0.2) is 29.7 Å².